The molecule has 0 aliphatic carbocycles. The molecule has 0 bridgehead atoms. The minimum atomic E-state index is 0.152. The molecule has 0 radical (unpaired) electrons. The Labute approximate surface area is 145 Å². The summed E-state index contributed by atoms with van der Waals surface area (Å²) in [5.74, 6) is 0.712. The van der Waals surface area contributed by atoms with Crippen molar-refractivity contribution in [1.82, 2.24) is 5.43 Å². The van der Waals surface area contributed by atoms with Crippen LogP contribution in [-0.4, -0.2) is 28.1 Å². The number of benzene rings is 2. The molecule has 2 aromatic rings. The van der Waals surface area contributed by atoms with E-state index in [1.165, 1.54) is 6.21 Å². The van der Waals surface area contributed by atoms with E-state index in [2.05, 4.69) is 20.5 Å². The lowest BCUT2D eigenvalue weighted by Crippen LogP contribution is -2.13. The van der Waals surface area contributed by atoms with Gasteiger partial charge in [-0.2, -0.15) is 5.10 Å². The fourth-order valence-corrected chi connectivity index (χ4v) is 2.33. The summed E-state index contributed by atoms with van der Waals surface area (Å²) in [6, 6.07) is 14.0. The number of para-hydroxylation sites is 2. The van der Waals surface area contributed by atoms with Crippen LogP contribution in [0.15, 0.2) is 69.3 Å². The highest BCUT2D eigenvalue weighted by Crippen LogP contribution is 2.22. The second-order valence-electron chi connectivity index (χ2n) is 5.36. The van der Waals surface area contributed by atoms with Gasteiger partial charge >= 0.3 is 0 Å². The van der Waals surface area contributed by atoms with E-state index in [0.717, 1.165) is 5.71 Å². The van der Waals surface area contributed by atoms with Crippen molar-refractivity contribution in [1.29, 1.82) is 0 Å². The largest absolute Gasteiger partial charge is 0.507 e. The lowest BCUT2D eigenvalue weighted by molar-refractivity contribution is 0.473. The van der Waals surface area contributed by atoms with Crippen molar-refractivity contribution in [2.45, 2.75) is 13.3 Å². The molecule has 25 heavy (non-hydrogen) atoms. The lowest BCUT2D eigenvalue weighted by atomic mass is 10.1. The number of aromatic hydroxyl groups is 2. The van der Waals surface area contributed by atoms with E-state index in [1.807, 2.05) is 25.1 Å². The highest BCUT2D eigenvalue weighted by molar-refractivity contribution is 6.14. The van der Waals surface area contributed by atoms with Crippen LogP contribution < -0.4 is 5.43 Å². The van der Waals surface area contributed by atoms with E-state index in [0.29, 0.717) is 29.2 Å². The van der Waals surface area contributed by atoms with Crippen LogP contribution in [-0.2, 0) is 0 Å². The molecule has 6 nitrogen and oxygen atoms in total. The molecular formula is C19H18N4O2. The standard InChI is InChI=1S/C19H18N4O2/c1-2-15-16(11-13-7-3-5-9-17(13)24)22-19(21-15)23-20-12-14-8-4-6-10-18(14)25/h3-12,24-25H,2H2,1H3,(H,22,23)/b16-11+,20-12+. The van der Waals surface area contributed by atoms with Gasteiger partial charge in [-0.3, -0.25) is 0 Å². The van der Waals surface area contributed by atoms with Gasteiger partial charge in [0.2, 0.25) is 5.96 Å². The third kappa shape index (κ3) is 3.92. The Bertz CT molecular complexity index is 898. The van der Waals surface area contributed by atoms with E-state index < -0.39 is 0 Å². The molecule has 0 saturated carbocycles. The molecule has 3 rings (SSSR count). The molecule has 1 aliphatic rings. The fourth-order valence-electron chi connectivity index (χ4n) is 2.33. The van der Waals surface area contributed by atoms with Crippen molar-refractivity contribution in [3.05, 3.63) is 65.4 Å². The number of nitrogens with zero attached hydrogens (tertiary/aromatic N) is 3. The molecule has 3 N–H and O–H groups in total. The van der Waals surface area contributed by atoms with Gasteiger partial charge in [0, 0.05) is 11.1 Å². The number of phenols is 2. The van der Waals surface area contributed by atoms with Crippen LogP contribution in [0.1, 0.15) is 24.5 Å². The second kappa shape index (κ2) is 7.44. The minimum absolute atomic E-state index is 0.152. The zero-order chi connectivity index (χ0) is 17.6. The first kappa shape index (κ1) is 16.4. The highest BCUT2D eigenvalue weighted by Gasteiger charge is 2.15. The predicted molar refractivity (Wildman–Crippen MR) is 100 cm³/mol. The third-order valence-corrected chi connectivity index (χ3v) is 3.63. The SMILES string of the molecule is CCC1=NC(N/N=C/c2ccccc2O)=N/C1=C/c1ccccc1O. The number of hydrazone groups is 1. The average Bonchev–Trinajstić information content (AvgIpc) is 3.00. The Morgan fingerprint density at radius 3 is 2.24 bits per heavy atom. The molecule has 1 aliphatic heterocycles. The average molecular weight is 334 g/mol. The van der Waals surface area contributed by atoms with Crippen LogP contribution in [0.4, 0.5) is 0 Å². The van der Waals surface area contributed by atoms with Crippen LogP contribution in [0.25, 0.3) is 6.08 Å². The van der Waals surface area contributed by atoms with Gasteiger partial charge in [0.15, 0.2) is 0 Å². The predicted octanol–water partition coefficient (Wildman–Crippen LogP) is 3.28. The zero-order valence-corrected chi connectivity index (χ0v) is 13.7. The van der Waals surface area contributed by atoms with Crippen molar-refractivity contribution in [3.8, 4) is 11.5 Å². The van der Waals surface area contributed by atoms with E-state index >= 15 is 0 Å². The van der Waals surface area contributed by atoms with Gasteiger partial charge in [0.05, 0.1) is 17.6 Å². The molecule has 0 amide bonds. The molecule has 6 heteroatoms. The minimum Gasteiger partial charge on any atom is -0.507 e. The number of allylic oxidation sites excluding steroid dienone is 1. The van der Waals surface area contributed by atoms with Crippen LogP contribution in [0, 0.1) is 0 Å². The molecule has 0 spiro atoms. The lowest BCUT2D eigenvalue weighted by Gasteiger charge is -2.00. The first-order chi connectivity index (χ1) is 12.2. The van der Waals surface area contributed by atoms with Gasteiger partial charge in [-0.15, -0.1) is 0 Å². The van der Waals surface area contributed by atoms with Crippen molar-refractivity contribution >= 4 is 24.0 Å². The summed E-state index contributed by atoms with van der Waals surface area (Å²) >= 11 is 0. The molecule has 0 saturated heterocycles. The molecule has 126 valence electrons. The van der Waals surface area contributed by atoms with E-state index in [9.17, 15) is 10.2 Å². The Morgan fingerprint density at radius 1 is 0.960 bits per heavy atom. The van der Waals surface area contributed by atoms with Crippen molar-refractivity contribution in [2.75, 3.05) is 0 Å². The molecule has 2 aromatic carbocycles. The summed E-state index contributed by atoms with van der Waals surface area (Å²) in [6.45, 7) is 1.99. The Hall–Kier alpha value is -3.41. The fraction of sp³-hybridized carbons (Fsp3) is 0.105. The summed E-state index contributed by atoms with van der Waals surface area (Å²) in [4.78, 5) is 8.80. The van der Waals surface area contributed by atoms with Gasteiger partial charge in [0.25, 0.3) is 0 Å². The number of guanidine groups is 1. The van der Waals surface area contributed by atoms with Gasteiger partial charge in [-0.05, 0) is 30.7 Å². The van der Waals surface area contributed by atoms with Crippen LogP contribution in [0.2, 0.25) is 0 Å². The number of hydrogen-bond donors (Lipinski definition) is 3. The van der Waals surface area contributed by atoms with Crippen LogP contribution in [0.3, 0.4) is 0 Å². The molecule has 0 unspecified atom stereocenters. The van der Waals surface area contributed by atoms with E-state index in [4.69, 9.17) is 0 Å². The second-order valence-corrected chi connectivity index (χ2v) is 5.36. The first-order valence-corrected chi connectivity index (χ1v) is 7.90. The highest BCUT2D eigenvalue weighted by atomic mass is 16.3. The quantitative estimate of drug-likeness (QED) is 0.592. The summed E-state index contributed by atoms with van der Waals surface area (Å²) in [5.41, 5.74) is 5.54. The van der Waals surface area contributed by atoms with E-state index in [1.54, 1.807) is 36.4 Å². The number of nitrogens with one attached hydrogen (secondary N) is 1. The summed E-state index contributed by atoms with van der Waals surface area (Å²) < 4.78 is 0. The summed E-state index contributed by atoms with van der Waals surface area (Å²) in [5, 5.41) is 23.7. The summed E-state index contributed by atoms with van der Waals surface area (Å²) in [6.07, 6.45) is 4.00. The maximum Gasteiger partial charge on any atom is 0.244 e. The number of aliphatic imine (C=N–C) groups is 2. The zero-order valence-electron chi connectivity index (χ0n) is 13.7. The third-order valence-electron chi connectivity index (χ3n) is 3.63. The summed E-state index contributed by atoms with van der Waals surface area (Å²) in [7, 11) is 0. The van der Waals surface area contributed by atoms with Gasteiger partial charge < -0.3 is 10.2 Å². The Balaban J connectivity index is 1.78. The number of rotatable bonds is 4. The van der Waals surface area contributed by atoms with Crippen molar-refractivity contribution in [2.24, 2.45) is 15.1 Å². The molecule has 1 heterocycles. The number of phenolic OH excluding ortho intramolecular Hbond substituents is 2. The monoisotopic (exact) mass is 334 g/mol. The Morgan fingerprint density at radius 2 is 1.60 bits per heavy atom. The van der Waals surface area contributed by atoms with Gasteiger partial charge in [-0.25, -0.2) is 15.4 Å². The van der Waals surface area contributed by atoms with Crippen LogP contribution in [0.5, 0.6) is 11.5 Å². The molecule has 0 aromatic heterocycles. The maximum absolute atomic E-state index is 9.89. The van der Waals surface area contributed by atoms with Crippen molar-refractivity contribution < 1.29 is 10.2 Å². The number of hydrogen-bond acceptors (Lipinski definition) is 6. The van der Waals surface area contributed by atoms with Crippen molar-refractivity contribution in [3.63, 3.8) is 0 Å². The molecule has 0 fully saturated rings. The van der Waals surface area contributed by atoms with Gasteiger partial charge in [-0.1, -0.05) is 37.3 Å². The smallest absolute Gasteiger partial charge is 0.244 e. The van der Waals surface area contributed by atoms with E-state index in [-0.39, 0.29) is 11.5 Å². The molecule has 0 atom stereocenters. The van der Waals surface area contributed by atoms with Gasteiger partial charge in [0.1, 0.15) is 11.5 Å². The first-order valence-electron chi connectivity index (χ1n) is 7.90. The maximum atomic E-state index is 9.89. The topological polar surface area (TPSA) is 89.6 Å². The molecular weight excluding hydrogens is 316 g/mol. The van der Waals surface area contributed by atoms with Crippen LogP contribution >= 0.6 is 0 Å². The Kier molecular flexibility index (Phi) is 4.89. The normalized spacial score (nSPS) is 15.5.